The van der Waals surface area contributed by atoms with Crippen LogP contribution in [0.4, 0.5) is 5.69 Å². The van der Waals surface area contributed by atoms with Gasteiger partial charge in [-0.1, -0.05) is 11.8 Å². The largest absolute Gasteiger partial charge is 0.478 e. The number of aryl methyl sites for hydroxylation is 1. The lowest BCUT2D eigenvalue weighted by atomic mass is 10.2. The number of carbonyl (C=O) groups is 2. The number of anilines is 1. The monoisotopic (exact) mass is 292 g/mol. The first-order valence-corrected chi connectivity index (χ1v) is 6.65. The Morgan fingerprint density at radius 1 is 1.35 bits per heavy atom. The number of aromatic carboxylic acids is 1. The summed E-state index contributed by atoms with van der Waals surface area (Å²) in [7, 11) is 1.80. The zero-order chi connectivity index (χ0) is 14.5. The van der Waals surface area contributed by atoms with Crippen LogP contribution in [0.2, 0.25) is 0 Å². The summed E-state index contributed by atoms with van der Waals surface area (Å²) in [5.41, 5.74) is 0.732. The number of hydrogen-bond donors (Lipinski definition) is 2. The third kappa shape index (κ3) is 3.58. The van der Waals surface area contributed by atoms with Crippen molar-refractivity contribution in [2.75, 3.05) is 11.1 Å². The second-order valence-corrected chi connectivity index (χ2v) is 4.89. The minimum absolute atomic E-state index is 0.177. The molecule has 2 aromatic rings. The fraction of sp³-hybridized carbons (Fsp3) is 0.167. The van der Waals surface area contributed by atoms with Gasteiger partial charge in [-0.3, -0.25) is 4.79 Å². The van der Waals surface area contributed by atoms with Crippen LogP contribution in [-0.4, -0.2) is 37.5 Å². The lowest BCUT2D eigenvalue weighted by Crippen LogP contribution is -2.14. The fourth-order valence-electron chi connectivity index (χ4n) is 1.43. The molecule has 0 radical (unpaired) electrons. The number of thioether (sulfide) groups is 1. The smallest absolute Gasteiger partial charge is 0.335 e. The maximum absolute atomic E-state index is 11.7. The van der Waals surface area contributed by atoms with Gasteiger partial charge in [-0.25, -0.2) is 4.79 Å². The molecule has 0 saturated heterocycles. The van der Waals surface area contributed by atoms with Gasteiger partial charge in [-0.05, 0) is 24.3 Å². The molecule has 1 aromatic heterocycles. The Hall–Kier alpha value is -2.35. The Morgan fingerprint density at radius 3 is 2.60 bits per heavy atom. The van der Waals surface area contributed by atoms with E-state index in [1.807, 2.05) is 0 Å². The number of benzene rings is 1. The van der Waals surface area contributed by atoms with E-state index < -0.39 is 5.97 Å². The van der Waals surface area contributed by atoms with Crippen LogP contribution < -0.4 is 5.32 Å². The van der Waals surface area contributed by atoms with Crippen molar-refractivity contribution < 1.29 is 14.7 Å². The Balaban J connectivity index is 1.88. The van der Waals surface area contributed by atoms with E-state index in [0.29, 0.717) is 10.8 Å². The number of nitrogens with one attached hydrogen (secondary N) is 1. The molecule has 8 heteroatoms. The second-order valence-electron chi connectivity index (χ2n) is 3.94. The van der Waals surface area contributed by atoms with Crippen LogP contribution >= 0.6 is 11.8 Å². The van der Waals surface area contributed by atoms with Gasteiger partial charge in [0.25, 0.3) is 0 Å². The van der Waals surface area contributed by atoms with Gasteiger partial charge in [-0.15, -0.1) is 10.2 Å². The normalized spacial score (nSPS) is 10.2. The van der Waals surface area contributed by atoms with Crippen LogP contribution in [0.5, 0.6) is 0 Å². The Morgan fingerprint density at radius 2 is 2.05 bits per heavy atom. The quantitative estimate of drug-likeness (QED) is 0.805. The van der Waals surface area contributed by atoms with E-state index in [-0.39, 0.29) is 17.2 Å². The van der Waals surface area contributed by atoms with E-state index in [9.17, 15) is 9.59 Å². The van der Waals surface area contributed by atoms with Gasteiger partial charge >= 0.3 is 5.97 Å². The third-order valence-electron chi connectivity index (χ3n) is 2.42. The molecule has 0 aliphatic rings. The van der Waals surface area contributed by atoms with Crippen molar-refractivity contribution in [2.24, 2.45) is 7.05 Å². The molecule has 20 heavy (non-hydrogen) atoms. The van der Waals surface area contributed by atoms with Crippen molar-refractivity contribution in [2.45, 2.75) is 5.16 Å². The Kier molecular flexibility index (Phi) is 4.36. The topological polar surface area (TPSA) is 97.1 Å². The van der Waals surface area contributed by atoms with Gasteiger partial charge in [0.1, 0.15) is 6.33 Å². The molecule has 2 N–H and O–H groups in total. The average molecular weight is 292 g/mol. The van der Waals surface area contributed by atoms with E-state index in [0.717, 1.165) is 0 Å². The summed E-state index contributed by atoms with van der Waals surface area (Å²) in [6, 6.07) is 5.98. The molecule has 0 spiro atoms. The number of rotatable bonds is 5. The highest BCUT2D eigenvalue weighted by Gasteiger charge is 2.08. The van der Waals surface area contributed by atoms with Crippen LogP contribution in [0.1, 0.15) is 10.4 Å². The number of aromatic nitrogens is 3. The predicted molar refractivity (Wildman–Crippen MR) is 73.8 cm³/mol. The molecule has 0 aliphatic carbocycles. The van der Waals surface area contributed by atoms with Crippen LogP contribution in [-0.2, 0) is 11.8 Å². The average Bonchev–Trinajstić information content (AvgIpc) is 2.82. The summed E-state index contributed by atoms with van der Waals surface area (Å²) in [4.78, 5) is 22.4. The molecule has 1 heterocycles. The van der Waals surface area contributed by atoms with Crippen LogP contribution in [0.25, 0.3) is 0 Å². The third-order valence-corrected chi connectivity index (χ3v) is 3.45. The number of carboxylic acid groups (broad SMARTS) is 1. The van der Waals surface area contributed by atoms with E-state index in [1.165, 1.54) is 23.9 Å². The first kappa shape index (κ1) is 14.1. The number of amides is 1. The minimum atomic E-state index is -0.999. The van der Waals surface area contributed by atoms with Gasteiger partial charge in [0.05, 0.1) is 11.3 Å². The maximum Gasteiger partial charge on any atom is 0.335 e. The molecule has 7 nitrogen and oxygen atoms in total. The van der Waals surface area contributed by atoms with Gasteiger partial charge in [0.2, 0.25) is 5.91 Å². The molecule has 1 amide bonds. The SMILES string of the molecule is Cn1cnnc1SCC(=O)Nc1ccc(C(=O)O)cc1. The van der Waals surface area contributed by atoms with Gasteiger partial charge in [-0.2, -0.15) is 0 Å². The van der Waals surface area contributed by atoms with Gasteiger partial charge in [0, 0.05) is 12.7 Å². The van der Waals surface area contributed by atoms with Crippen molar-refractivity contribution in [1.82, 2.24) is 14.8 Å². The first-order chi connectivity index (χ1) is 9.56. The van der Waals surface area contributed by atoms with Crippen molar-refractivity contribution in [3.8, 4) is 0 Å². The molecule has 0 bridgehead atoms. The standard InChI is InChI=1S/C12H12N4O3S/c1-16-7-13-15-12(16)20-6-10(17)14-9-4-2-8(3-5-9)11(18)19/h2-5,7H,6H2,1H3,(H,14,17)(H,18,19). The zero-order valence-corrected chi connectivity index (χ0v) is 11.4. The van der Waals surface area contributed by atoms with E-state index in [4.69, 9.17) is 5.11 Å². The summed E-state index contributed by atoms with van der Waals surface area (Å²) in [5.74, 6) is -0.991. The lowest BCUT2D eigenvalue weighted by molar-refractivity contribution is -0.113. The molecule has 0 fully saturated rings. The van der Waals surface area contributed by atoms with Gasteiger partial charge in [0.15, 0.2) is 5.16 Å². The maximum atomic E-state index is 11.7. The highest BCUT2D eigenvalue weighted by Crippen LogP contribution is 2.14. The number of carboxylic acids is 1. The summed E-state index contributed by atoms with van der Waals surface area (Å²) >= 11 is 1.27. The lowest BCUT2D eigenvalue weighted by Gasteiger charge is -2.05. The first-order valence-electron chi connectivity index (χ1n) is 5.66. The number of nitrogens with zero attached hydrogens (tertiary/aromatic N) is 3. The molecular formula is C12H12N4O3S. The van der Waals surface area contributed by atoms with Crippen molar-refractivity contribution in [1.29, 1.82) is 0 Å². The van der Waals surface area contributed by atoms with Crippen LogP contribution in [0, 0.1) is 0 Å². The molecule has 0 aliphatic heterocycles. The summed E-state index contributed by atoms with van der Waals surface area (Å²) in [6.07, 6.45) is 1.56. The Bertz CT molecular complexity index is 624. The number of hydrogen-bond acceptors (Lipinski definition) is 5. The molecule has 2 rings (SSSR count). The minimum Gasteiger partial charge on any atom is -0.478 e. The van der Waals surface area contributed by atoms with E-state index >= 15 is 0 Å². The van der Waals surface area contributed by atoms with Crippen LogP contribution in [0.3, 0.4) is 0 Å². The molecule has 0 atom stereocenters. The van der Waals surface area contributed by atoms with Crippen molar-refractivity contribution >= 4 is 29.3 Å². The van der Waals surface area contributed by atoms with Crippen molar-refractivity contribution in [3.05, 3.63) is 36.2 Å². The molecule has 0 saturated carbocycles. The summed E-state index contributed by atoms with van der Waals surface area (Å²) < 4.78 is 1.72. The molecule has 104 valence electrons. The summed E-state index contributed by atoms with van der Waals surface area (Å²) in [6.45, 7) is 0. The zero-order valence-electron chi connectivity index (χ0n) is 10.6. The van der Waals surface area contributed by atoms with Crippen molar-refractivity contribution in [3.63, 3.8) is 0 Å². The van der Waals surface area contributed by atoms with Gasteiger partial charge < -0.3 is 15.0 Å². The molecule has 0 unspecified atom stereocenters. The highest BCUT2D eigenvalue weighted by molar-refractivity contribution is 7.99. The Labute approximate surface area is 119 Å². The molecular weight excluding hydrogens is 280 g/mol. The van der Waals surface area contributed by atoms with E-state index in [2.05, 4.69) is 15.5 Å². The van der Waals surface area contributed by atoms with E-state index in [1.54, 1.807) is 30.1 Å². The van der Waals surface area contributed by atoms with Crippen LogP contribution in [0.15, 0.2) is 35.7 Å². The predicted octanol–water partition coefficient (Wildman–Crippen LogP) is 1.24. The summed E-state index contributed by atoms with van der Waals surface area (Å²) in [5, 5.41) is 19.7. The fourth-order valence-corrected chi connectivity index (χ4v) is 2.11. The molecule has 1 aromatic carbocycles. The second kappa shape index (κ2) is 6.20. The highest BCUT2D eigenvalue weighted by atomic mass is 32.2. The number of carbonyl (C=O) groups excluding carboxylic acids is 1.